The van der Waals surface area contributed by atoms with Gasteiger partial charge in [-0.2, -0.15) is 0 Å². The Labute approximate surface area is 206 Å². The Kier molecular flexibility index (Phi) is 7.31. The molecule has 3 aromatic rings. The van der Waals surface area contributed by atoms with Crippen molar-refractivity contribution in [3.05, 3.63) is 58.6 Å². The number of amides is 3. The van der Waals surface area contributed by atoms with Crippen molar-refractivity contribution in [2.45, 2.75) is 6.42 Å². The van der Waals surface area contributed by atoms with E-state index in [1.165, 1.54) is 21.3 Å². The van der Waals surface area contributed by atoms with Crippen LogP contribution in [0.4, 0.5) is 4.79 Å². The molecule has 0 unspecified atom stereocenters. The number of benzene rings is 2. The summed E-state index contributed by atoms with van der Waals surface area (Å²) in [4.78, 5) is 42.2. The van der Waals surface area contributed by atoms with E-state index in [9.17, 15) is 14.4 Å². The summed E-state index contributed by atoms with van der Waals surface area (Å²) in [5.41, 5.74) is 2.47. The standard InChI is InChI=1S/C25H25N3O6S/c1-32-19-10-15(11-20(33-2)23(19)34-3)12-21-24(30)28(25(31)35-21)9-8-26-22(29)13-16-14-27-18-7-5-4-6-17(16)18/h4-7,10-12,14,27H,8-9,13H2,1-3H3,(H,26,29)/b21-12+. The number of ether oxygens (including phenoxy) is 3. The lowest BCUT2D eigenvalue weighted by Crippen LogP contribution is -2.37. The van der Waals surface area contributed by atoms with Gasteiger partial charge in [0.2, 0.25) is 11.7 Å². The number of aromatic amines is 1. The molecule has 0 aliphatic carbocycles. The Bertz CT molecular complexity index is 1290. The topological polar surface area (TPSA) is 110 Å². The van der Waals surface area contributed by atoms with E-state index in [4.69, 9.17) is 14.2 Å². The van der Waals surface area contributed by atoms with Crippen LogP contribution in [0.1, 0.15) is 11.1 Å². The average Bonchev–Trinajstić information content (AvgIpc) is 3.38. The largest absolute Gasteiger partial charge is 0.493 e. The summed E-state index contributed by atoms with van der Waals surface area (Å²) < 4.78 is 16.0. The van der Waals surface area contributed by atoms with Gasteiger partial charge in [0.1, 0.15) is 0 Å². The molecular formula is C25H25N3O6S. The highest BCUT2D eigenvalue weighted by Crippen LogP contribution is 2.40. The lowest BCUT2D eigenvalue weighted by atomic mass is 10.1. The molecule has 1 fully saturated rings. The number of rotatable bonds is 9. The SMILES string of the molecule is COc1cc(/C=C2/SC(=O)N(CCNC(=O)Cc3c[nH]c4ccccc34)C2=O)cc(OC)c1OC. The number of methoxy groups -OCH3 is 3. The first-order chi connectivity index (χ1) is 16.9. The van der Waals surface area contributed by atoms with Crippen LogP contribution in [0, 0.1) is 0 Å². The first kappa shape index (κ1) is 24.2. The van der Waals surface area contributed by atoms with E-state index in [-0.39, 0.29) is 35.6 Å². The molecule has 0 atom stereocenters. The fourth-order valence-electron chi connectivity index (χ4n) is 3.85. The van der Waals surface area contributed by atoms with Crippen LogP contribution in [0.3, 0.4) is 0 Å². The Morgan fingerprint density at radius 3 is 2.49 bits per heavy atom. The maximum Gasteiger partial charge on any atom is 0.293 e. The van der Waals surface area contributed by atoms with E-state index < -0.39 is 5.91 Å². The minimum absolute atomic E-state index is 0.0802. The second-order valence-electron chi connectivity index (χ2n) is 7.68. The monoisotopic (exact) mass is 495 g/mol. The Hall–Kier alpha value is -3.92. The van der Waals surface area contributed by atoms with Crippen molar-refractivity contribution in [1.29, 1.82) is 0 Å². The highest BCUT2D eigenvalue weighted by molar-refractivity contribution is 8.18. The molecule has 4 rings (SSSR count). The van der Waals surface area contributed by atoms with Gasteiger partial charge in [-0.3, -0.25) is 19.3 Å². The van der Waals surface area contributed by atoms with Gasteiger partial charge in [-0.1, -0.05) is 18.2 Å². The van der Waals surface area contributed by atoms with Gasteiger partial charge < -0.3 is 24.5 Å². The third-order valence-corrected chi connectivity index (χ3v) is 6.45. The number of nitrogens with zero attached hydrogens (tertiary/aromatic N) is 1. The summed E-state index contributed by atoms with van der Waals surface area (Å²) in [6.07, 6.45) is 3.62. The van der Waals surface area contributed by atoms with E-state index in [1.54, 1.807) is 18.2 Å². The van der Waals surface area contributed by atoms with Crippen LogP contribution < -0.4 is 19.5 Å². The molecule has 0 bridgehead atoms. The van der Waals surface area contributed by atoms with Crippen molar-refractivity contribution in [1.82, 2.24) is 15.2 Å². The lowest BCUT2D eigenvalue weighted by Gasteiger charge is -2.13. The van der Waals surface area contributed by atoms with Crippen LogP contribution in [0.15, 0.2) is 47.5 Å². The predicted molar refractivity (Wildman–Crippen MR) is 134 cm³/mol. The molecule has 9 nitrogen and oxygen atoms in total. The van der Waals surface area contributed by atoms with Crippen molar-refractivity contribution >= 4 is 45.8 Å². The molecule has 1 saturated heterocycles. The number of carbonyl (C=O) groups is 3. The van der Waals surface area contributed by atoms with Gasteiger partial charge >= 0.3 is 0 Å². The minimum Gasteiger partial charge on any atom is -0.493 e. The normalized spacial score (nSPS) is 14.6. The fraction of sp³-hybridized carbons (Fsp3) is 0.240. The van der Waals surface area contributed by atoms with Crippen molar-refractivity contribution in [2.75, 3.05) is 34.4 Å². The van der Waals surface area contributed by atoms with Crippen molar-refractivity contribution in [3.8, 4) is 17.2 Å². The average molecular weight is 496 g/mol. The maximum atomic E-state index is 12.8. The number of H-pyrrole nitrogens is 1. The predicted octanol–water partition coefficient (Wildman–Crippen LogP) is 3.59. The minimum atomic E-state index is -0.417. The molecule has 182 valence electrons. The zero-order chi connectivity index (χ0) is 24.9. The quantitative estimate of drug-likeness (QED) is 0.437. The highest BCUT2D eigenvalue weighted by Gasteiger charge is 2.34. The van der Waals surface area contributed by atoms with E-state index >= 15 is 0 Å². The molecule has 1 aliphatic heterocycles. The summed E-state index contributed by atoms with van der Waals surface area (Å²) in [7, 11) is 4.51. The molecule has 3 amide bonds. The fourth-order valence-corrected chi connectivity index (χ4v) is 4.71. The second kappa shape index (κ2) is 10.6. The van der Waals surface area contributed by atoms with Crippen molar-refractivity contribution in [3.63, 3.8) is 0 Å². The number of hydrogen-bond donors (Lipinski definition) is 2. The van der Waals surface area contributed by atoms with E-state index in [1.807, 2.05) is 30.5 Å². The molecule has 35 heavy (non-hydrogen) atoms. The van der Waals surface area contributed by atoms with Crippen molar-refractivity contribution < 1.29 is 28.6 Å². The molecule has 2 heterocycles. The first-order valence-electron chi connectivity index (χ1n) is 10.8. The highest BCUT2D eigenvalue weighted by atomic mass is 32.2. The number of thioether (sulfide) groups is 1. The number of hydrogen-bond acceptors (Lipinski definition) is 7. The van der Waals surface area contributed by atoms with Gasteiger partial charge in [-0.15, -0.1) is 0 Å². The van der Waals surface area contributed by atoms with Crippen molar-refractivity contribution in [2.24, 2.45) is 0 Å². The summed E-state index contributed by atoms with van der Waals surface area (Å²) >= 11 is 0.846. The number of nitrogens with one attached hydrogen (secondary N) is 2. The van der Waals surface area contributed by atoms with Crippen LogP contribution in [0.2, 0.25) is 0 Å². The third kappa shape index (κ3) is 5.12. The zero-order valence-electron chi connectivity index (χ0n) is 19.5. The molecule has 10 heteroatoms. The molecule has 0 spiro atoms. The molecule has 2 aromatic carbocycles. The van der Waals surface area contributed by atoms with Gasteiger partial charge in [-0.05, 0) is 47.2 Å². The van der Waals surface area contributed by atoms with Gasteiger partial charge in [0.15, 0.2) is 11.5 Å². The van der Waals surface area contributed by atoms with Crippen LogP contribution >= 0.6 is 11.8 Å². The summed E-state index contributed by atoms with van der Waals surface area (Å²) in [6.45, 7) is 0.244. The molecular weight excluding hydrogens is 470 g/mol. The third-order valence-electron chi connectivity index (χ3n) is 5.54. The van der Waals surface area contributed by atoms with Gasteiger partial charge in [0, 0.05) is 30.2 Å². The number of imide groups is 1. The lowest BCUT2D eigenvalue weighted by molar-refractivity contribution is -0.124. The molecule has 1 aliphatic rings. The number of aromatic nitrogens is 1. The number of fused-ring (bicyclic) bond motifs is 1. The first-order valence-corrected chi connectivity index (χ1v) is 11.6. The summed E-state index contributed by atoms with van der Waals surface area (Å²) in [5.74, 6) is 0.712. The Balaban J connectivity index is 1.38. The molecule has 2 N–H and O–H groups in total. The number of carbonyl (C=O) groups excluding carboxylic acids is 3. The van der Waals surface area contributed by atoms with Crippen LogP contribution in [-0.2, 0) is 16.0 Å². The van der Waals surface area contributed by atoms with E-state index in [0.717, 1.165) is 33.1 Å². The van der Waals surface area contributed by atoms with E-state index in [0.29, 0.717) is 22.8 Å². The van der Waals surface area contributed by atoms with Crippen LogP contribution in [-0.4, -0.2) is 61.4 Å². The van der Waals surface area contributed by atoms with Crippen LogP contribution in [0.25, 0.3) is 17.0 Å². The maximum absolute atomic E-state index is 12.8. The summed E-state index contributed by atoms with van der Waals surface area (Å²) in [5, 5.41) is 3.39. The zero-order valence-corrected chi connectivity index (χ0v) is 20.4. The smallest absolute Gasteiger partial charge is 0.293 e. The van der Waals surface area contributed by atoms with Gasteiger partial charge in [0.05, 0.1) is 32.7 Å². The summed E-state index contributed by atoms with van der Waals surface area (Å²) in [6, 6.07) is 11.1. The Morgan fingerprint density at radius 2 is 1.80 bits per heavy atom. The molecule has 1 aromatic heterocycles. The second-order valence-corrected chi connectivity index (χ2v) is 8.67. The van der Waals surface area contributed by atoms with Crippen LogP contribution in [0.5, 0.6) is 17.2 Å². The molecule has 0 radical (unpaired) electrons. The molecule has 0 saturated carbocycles. The van der Waals surface area contributed by atoms with E-state index in [2.05, 4.69) is 10.3 Å². The van der Waals surface area contributed by atoms with Gasteiger partial charge in [-0.25, -0.2) is 0 Å². The van der Waals surface area contributed by atoms with Gasteiger partial charge in [0.25, 0.3) is 11.1 Å². The number of para-hydroxylation sites is 1. The Morgan fingerprint density at radius 1 is 1.09 bits per heavy atom.